The van der Waals surface area contributed by atoms with E-state index in [1.807, 2.05) is 0 Å². The number of carbonyl (C=O) groups is 1. The summed E-state index contributed by atoms with van der Waals surface area (Å²) in [5.74, 6) is 1.29. The van der Waals surface area contributed by atoms with Gasteiger partial charge in [0.1, 0.15) is 0 Å². The van der Waals surface area contributed by atoms with Crippen molar-refractivity contribution >= 4 is 33.0 Å². The van der Waals surface area contributed by atoms with E-state index in [4.69, 9.17) is 14.0 Å². The van der Waals surface area contributed by atoms with Crippen LogP contribution in [0.25, 0.3) is 10.7 Å². The second-order valence-electron chi connectivity index (χ2n) is 7.93. The molecule has 0 spiro atoms. The Balaban J connectivity index is 1.32. The third-order valence-electron chi connectivity index (χ3n) is 5.63. The molecule has 0 radical (unpaired) electrons. The third kappa shape index (κ3) is 4.21. The van der Waals surface area contributed by atoms with Crippen molar-refractivity contribution in [3.8, 4) is 22.2 Å². The number of nitrogens with one attached hydrogen (secondary N) is 1. The molecule has 1 atom stereocenters. The van der Waals surface area contributed by atoms with E-state index in [0.717, 1.165) is 0 Å². The van der Waals surface area contributed by atoms with Crippen molar-refractivity contribution in [2.24, 2.45) is 5.92 Å². The Hall–Kier alpha value is -2.96. The molecule has 1 N–H and O–H groups in total. The van der Waals surface area contributed by atoms with Crippen molar-refractivity contribution in [3.05, 3.63) is 35.0 Å². The number of piperidine rings is 1. The van der Waals surface area contributed by atoms with Crippen LogP contribution in [-0.4, -0.2) is 48.7 Å². The maximum atomic E-state index is 13.4. The standard InChI is InChI=1S/C21H22N4O6S2/c1-12-19(9-18(32-12)20-22-13(2)31-24-20)33(27,28)25-7-3-4-14(10-25)21(26)23-15-5-6-16-17(8-15)30-11-29-16/h5-6,8-9,14H,3-4,7,10-11H2,1-2H3,(H,23,26). The summed E-state index contributed by atoms with van der Waals surface area (Å²) in [6, 6.07) is 6.75. The van der Waals surface area contributed by atoms with Gasteiger partial charge >= 0.3 is 0 Å². The fraction of sp³-hybridized carbons (Fsp3) is 0.381. The van der Waals surface area contributed by atoms with Crippen molar-refractivity contribution < 1.29 is 27.2 Å². The lowest BCUT2D eigenvalue weighted by molar-refractivity contribution is -0.120. The first kappa shape index (κ1) is 21.9. The molecule has 2 aromatic heterocycles. The van der Waals surface area contributed by atoms with Crippen molar-refractivity contribution in [1.29, 1.82) is 0 Å². The van der Waals surface area contributed by atoms with E-state index in [9.17, 15) is 13.2 Å². The highest BCUT2D eigenvalue weighted by molar-refractivity contribution is 7.89. The van der Waals surface area contributed by atoms with Crippen molar-refractivity contribution in [3.63, 3.8) is 0 Å². The van der Waals surface area contributed by atoms with E-state index in [-0.39, 0.29) is 24.1 Å². The van der Waals surface area contributed by atoms with Crippen LogP contribution < -0.4 is 14.8 Å². The van der Waals surface area contributed by atoms with E-state index in [0.29, 0.717) is 58.0 Å². The van der Waals surface area contributed by atoms with E-state index >= 15 is 0 Å². The molecule has 1 unspecified atom stereocenters. The zero-order valence-corrected chi connectivity index (χ0v) is 19.7. The number of thiophene rings is 1. The Morgan fingerprint density at radius 2 is 2.03 bits per heavy atom. The monoisotopic (exact) mass is 490 g/mol. The molecule has 1 fully saturated rings. The van der Waals surface area contributed by atoms with Crippen LogP contribution >= 0.6 is 11.3 Å². The normalized spacial score (nSPS) is 18.4. The molecule has 174 valence electrons. The maximum absolute atomic E-state index is 13.4. The van der Waals surface area contributed by atoms with Crippen LogP contribution in [-0.2, 0) is 14.8 Å². The summed E-state index contributed by atoms with van der Waals surface area (Å²) >= 11 is 1.30. The molecule has 10 nitrogen and oxygen atoms in total. The number of ether oxygens (including phenoxy) is 2. The van der Waals surface area contributed by atoms with Crippen molar-refractivity contribution in [1.82, 2.24) is 14.4 Å². The van der Waals surface area contributed by atoms with E-state index in [1.165, 1.54) is 15.6 Å². The molecule has 12 heteroatoms. The Labute approximate surface area is 194 Å². The maximum Gasteiger partial charge on any atom is 0.244 e. The second kappa shape index (κ2) is 8.43. The lowest BCUT2D eigenvalue weighted by atomic mass is 9.98. The number of rotatable bonds is 5. The molecule has 2 aliphatic heterocycles. The van der Waals surface area contributed by atoms with Gasteiger partial charge in [-0.3, -0.25) is 4.79 Å². The smallest absolute Gasteiger partial charge is 0.244 e. The van der Waals surface area contributed by atoms with Gasteiger partial charge in [0.25, 0.3) is 0 Å². The first-order chi connectivity index (χ1) is 15.8. The molecule has 3 aromatic rings. The molecule has 1 saturated heterocycles. The highest BCUT2D eigenvalue weighted by atomic mass is 32.2. The summed E-state index contributed by atoms with van der Waals surface area (Å²) < 4.78 is 43.9. The number of benzene rings is 1. The predicted octanol–water partition coefficient (Wildman–Crippen LogP) is 3.18. The van der Waals surface area contributed by atoms with E-state index in [1.54, 1.807) is 38.1 Å². The van der Waals surface area contributed by atoms with Gasteiger partial charge in [0.05, 0.1) is 15.7 Å². The molecule has 5 rings (SSSR count). The minimum atomic E-state index is -3.78. The lowest BCUT2D eigenvalue weighted by Crippen LogP contribution is -2.43. The molecule has 4 heterocycles. The number of hydrogen-bond donors (Lipinski definition) is 1. The summed E-state index contributed by atoms with van der Waals surface area (Å²) in [5.41, 5.74) is 0.581. The quantitative estimate of drug-likeness (QED) is 0.578. The third-order valence-corrected chi connectivity index (χ3v) is 8.80. The van der Waals surface area contributed by atoms with Crippen molar-refractivity contribution in [2.45, 2.75) is 31.6 Å². The van der Waals surface area contributed by atoms with Gasteiger partial charge < -0.3 is 19.3 Å². The minimum Gasteiger partial charge on any atom is -0.454 e. The molecule has 0 bridgehead atoms. The van der Waals surface area contributed by atoms with Crippen molar-refractivity contribution in [2.75, 3.05) is 25.2 Å². The lowest BCUT2D eigenvalue weighted by Gasteiger charge is -2.31. The fourth-order valence-electron chi connectivity index (χ4n) is 3.96. The number of aryl methyl sites for hydroxylation is 2. The molecule has 1 aromatic carbocycles. The number of sulfonamides is 1. The number of aromatic nitrogens is 2. The molecule has 33 heavy (non-hydrogen) atoms. The number of hydrogen-bond acceptors (Lipinski definition) is 9. The SMILES string of the molecule is Cc1nc(-c2cc(S(=O)(=O)N3CCCC(C(=O)Nc4ccc5c(c4)OCO5)C3)c(C)s2)no1. The summed E-state index contributed by atoms with van der Waals surface area (Å²) in [5, 5.41) is 6.75. The first-order valence-corrected chi connectivity index (χ1v) is 12.7. The number of nitrogens with zero attached hydrogens (tertiary/aromatic N) is 3. The van der Waals surface area contributed by atoms with Crippen LogP contribution in [0.5, 0.6) is 11.5 Å². The molecule has 2 aliphatic rings. The fourth-order valence-corrected chi connectivity index (χ4v) is 6.97. The largest absolute Gasteiger partial charge is 0.454 e. The highest BCUT2D eigenvalue weighted by Crippen LogP contribution is 2.36. The van der Waals surface area contributed by atoms with Gasteiger partial charge in [0, 0.05) is 36.6 Å². The summed E-state index contributed by atoms with van der Waals surface area (Å²) in [6.07, 6.45) is 1.21. The number of amides is 1. The molecule has 0 saturated carbocycles. The zero-order valence-electron chi connectivity index (χ0n) is 18.0. The van der Waals surface area contributed by atoms with Gasteiger partial charge in [-0.05, 0) is 38.0 Å². The number of carbonyl (C=O) groups excluding carboxylic acids is 1. The molecule has 1 amide bonds. The Bertz CT molecular complexity index is 1320. The average Bonchev–Trinajstić information content (AvgIpc) is 3.53. The van der Waals surface area contributed by atoms with E-state index < -0.39 is 15.9 Å². The van der Waals surface area contributed by atoms with Gasteiger partial charge in [0.2, 0.25) is 34.4 Å². The van der Waals surface area contributed by atoms with Crippen LogP contribution in [0.3, 0.4) is 0 Å². The van der Waals surface area contributed by atoms with Crippen LogP contribution in [0.15, 0.2) is 33.7 Å². The number of fused-ring (bicyclic) bond motifs is 1. The van der Waals surface area contributed by atoms with Crippen LogP contribution in [0.4, 0.5) is 5.69 Å². The van der Waals surface area contributed by atoms with E-state index in [2.05, 4.69) is 15.5 Å². The van der Waals surface area contributed by atoms with Gasteiger partial charge in [-0.2, -0.15) is 9.29 Å². The zero-order chi connectivity index (χ0) is 23.2. The highest BCUT2D eigenvalue weighted by Gasteiger charge is 2.35. The van der Waals surface area contributed by atoms with Gasteiger partial charge in [0.15, 0.2) is 11.5 Å². The van der Waals surface area contributed by atoms with Gasteiger partial charge in [-0.15, -0.1) is 11.3 Å². The predicted molar refractivity (Wildman–Crippen MR) is 120 cm³/mol. The average molecular weight is 491 g/mol. The van der Waals surface area contributed by atoms with Crippen LogP contribution in [0, 0.1) is 19.8 Å². The number of anilines is 1. The van der Waals surface area contributed by atoms with Gasteiger partial charge in [-0.1, -0.05) is 5.16 Å². The Kier molecular flexibility index (Phi) is 5.59. The van der Waals surface area contributed by atoms with Gasteiger partial charge in [-0.25, -0.2) is 8.42 Å². The van der Waals surface area contributed by atoms with Crippen LogP contribution in [0.2, 0.25) is 0 Å². The first-order valence-electron chi connectivity index (χ1n) is 10.4. The Morgan fingerprint density at radius 3 is 2.82 bits per heavy atom. The molecular formula is C21H22N4O6S2. The summed E-state index contributed by atoms with van der Waals surface area (Å²) in [7, 11) is -3.78. The summed E-state index contributed by atoms with van der Waals surface area (Å²) in [4.78, 5) is 18.6. The molecule has 0 aliphatic carbocycles. The second-order valence-corrected chi connectivity index (χ2v) is 11.1. The minimum absolute atomic E-state index is 0.116. The topological polar surface area (TPSA) is 124 Å². The van der Waals surface area contributed by atoms with Crippen LogP contribution in [0.1, 0.15) is 23.6 Å². The Morgan fingerprint density at radius 1 is 1.21 bits per heavy atom. The summed E-state index contributed by atoms with van der Waals surface area (Å²) in [6.45, 7) is 4.06. The molecular weight excluding hydrogens is 468 g/mol.